The van der Waals surface area contributed by atoms with E-state index in [1.165, 1.54) is 18.5 Å². The van der Waals surface area contributed by atoms with Crippen LogP contribution in [0.1, 0.15) is 48.3 Å². The average molecular weight is 342 g/mol. The molecule has 0 aliphatic heterocycles. The first-order chi connectivity index (χ1) is 11.8. The summed E-state index contributed by atoms with van der Waals surface area (Å²) >= 11 is 0. The molecule has 0 saturated heterocycles. The first-order valence-electron chi connectivity index (χ1n) is 7.84. The fourth-order valence-corrected chi connectivity index (χ4v) is 2.47. The molecule has 0 bridgehead atoms. The highest BCUT2D eigenvalue weighted by Gasteiger charge is 2.25. The van der Waals surface area contributed by atoms with Gasteiger partial charge in [0.1, 0.15) is 17.3 Å². The monoisotopic (exact) mass is 342 g/mol. The Labute approximate surface area is 144 Å². The predicted octanol–water partition coefficient (Wildman–Crippen LogP) is 2.81. The summed E-state index contributed by atoms with van der Waals surface area (Å²) in [6.45, 7) is 5.96. The minimum Gasteiger partial charge on any atom is -0.347 e. The van der Waals surface area contributed by atoms with Gasteiger partial charge in [-0.2, -0.15) is 4.98 Å². The number of hydrogen-bond acceptors (Lipinski definition) is 4. The summed E-state index contributed by atoms with van der Waals surface area (Å²) in [5.74, 6) is -0.0144. The summed E-state index contributed by atoms with van der Waals surface area (Å²) in [7, 11) is 0. The second-order valence-corrected chi connectivity index (χ2v) is 6.74. The molecular weight excluding hydrogens is 323 g/mol. The molecule has 130 valence electrons. The van der Waals surface area contributed by atoms with Gasteiger partial charge in [-0.1, -0.05) is 32.9 Å². The van der Waals surface area contributed by atoms with Gasteiger partial charge in [0.05, 0.1) is 12.0 Å². The largest absolute Gasteiger partial charge is 0.347 e. The Kier molecular flexibility index (Phi) is 4.35. The van der Waals surface area contributed by atoms with Crippen LogP contribution in [0.3, 0.4) is 0 Å². The van der Waals surface area contributed by atoms with E-state index in [-0.39, 0.29) is 23.1 Å². The number of nitrogens with zero attached hydrogens (tertiary/aromatic N) is 3. The maximum atomic E-state index is 13.2. The Morgan fingerprint density at radius 1 is 1.32 bits per heavy atom. The number of amides is 1. The average Bonchev–Trinajstić information content (AvgIpc) is 3.16. The van der Waals surface area contributed by atoms with Crippen molar-refractivity contribution in [2.45, 2.75) is 32.6 Å². The summed E-state index contributed by atoms with van der Waals surface area (Å²) in [6.07, 6.45) is 1.87. The molecule has 0 unspecified atom stereocenters. The van der Waals surface area contributed by atoms with Gasteiger partial charge in [0.25, 0.3) is 5.91 Å². The third-order valence-corrected chi connectivity index (χ3v) is 3.62. The number of nitrogens with one attached hydrogen (secondary N) is 3. The number of benzene rings is 1. The first kappa shape index (κ1) is 16.8. The van der Waals surface area contributed by atoms with E-state index in [9.17, 15) is 9.18 Å². The number of imidazole rings is 1. The van der Waals surface area contributed by atoms with Crippen molar-refractivity contribution in [1.82, 2.24) is 25.1 Å². The number of H-pyrrole nitrogens is 2. The van der Waals surface area contributed by atoms with Crippen molar-refractivity contribution < 1.29 is 9.18 Å². The topological polar surface area (TPSA) is 99.4 Å². The standard InChI is InChI=1S/C17H19FN6O/c1-17(2,3)14-13(19-9-20-14)15(25)22-16-21-12(23-24-16)8-10-5-4-6-11(18)7-10/h4-7,9H,8H2,1-3H3,(H,19,20)(H2,21,22,23,24,25). The Hall–Kier alpha value is -3.03. The molecule has 1 aromatic carbocycles. The van der Waals surface area contributed by atoms with Gasteiger partial charge in [0, 0.05) is 11.8 Å². The Morgan fingerprint density at radius 3 is 2.84 bits per heavy atom. The smallest absolute Gasteiger partial charge is 0.278 e. The third kappa shape index (κ3) is 3.90. The fraction of sp³-hybridized carbons (Fsp3) is 0.294. The lowest BCUT2D eigenvalue weighted by atomic mass is 9.90. The van der Waals surface area contributed by atoms with Gasteiger partial charge < -0.3 is 4.98 Å². The zero-order valence-electron chi connectivity index (χ0n) is 14.2. The van der Waals surface area contributed by atoms with E-state index >= 15 is 0 Å². The number of carbonyl (C=O) groups is 1. The van der Waals surface area contributed by atoms with Crippen LogP contribution in [0.5, 0.6) is 0 Å². The van der Waals surface area contributed by atoms with Crippen LogP contribution >= 0.6 is 0 Å². The zero-order valence-corrected chi connectivity index (χ0v) is 14.2. The van der Waals surface area contributed by atoms with Crippen LogP contribution in [0.25, 0.3) is 0 Å². The molecule has 0 saturated carbocycles. The molecule has 2 aromatic heterocycles. The van der Waals surface area contributed by atoms with E-state index in [0.29, 0.717) is 17.9 Å². The van der Waals surface area contributed by atoms with E-state index < -0.39 is 0 Å². The van der Waals surface area contributed by atoms with Gasteiger partial charge in [-0.05, 0) is 17.7 Å². The fourth-order valence-electron chi connectivity index (χ4n) is 2.47. The zero-order chi connectivity index (χ0) is 18.0. The highest BCUT2D eigenvalue weighted by atomic mass is 19.1. The first-order valence-corrected chi connectivity index (χ1v) is 7.84. The molecule has 0 spiro atoms. The molecule has 0 atom stereocenters. The second-order valence-electron chi connectivity index (χ2n) is 6.74. The summed E-state index contributed by atoms with van der Waals surface area (Å²) in [4.78, 5) is 23.7. The summed E-state index contributed by atoms with van der Waals surface area (Å²) in [6, 6.07) is 6.24. The number of aromatic nitrogens is 5. The SMILES string of the molecule is CC(C)(C)c1[nH]cnc1C(=O)Nc1n[nH]c(Cc2cccc(F)c2)n1. The normalized spacial score (nSPS) is 11.5. The molecule has 0 aliphatic rings. The van der Waals surface area contributed by atoms with Gasteiger partial charge in [0.2, 0.25) is 5.95 Å². The van der Waals surface area contributed by atoms with Gasteiger partial charge in [0.15, 0.2) is 0 Å². The number of hydrogen-bond donors (Lipinski definition) is 3. The highest BCUT2D eigenvalue weighted by Crippen LogP contribution is 2.23. The lowest BCUT2D eigenvalue weighted by Gasteiger charge is -2.17. The van der Waals surface area contributed by atoms with Crippen LogP contribution in [0.2, 0.25) is 0 Å². The lowest BCUT2D eigenvalue weighted by molar-refractivity contribution is 0.101. The quantitative estimate of drug-likeness (QED) is 0.679. The van der Waals surface area contributed by atoms with Crippen molar-refractivity contribution in [1.29, 1.82) is 0 Å². The number of anilines is 1. The minimum absolute atomic E-state index is 0.152. The van der Waals surface area contributed by atoms with Crippen molar-refractivity contribution in [3.8, 4) is 0 Å². The van der Waals surface area contributed by atoms with Crippen LogP contribution in [0.4, 0.5) is 10.3 Å². The molecule has 2 heterocycles. The van der Waals surface area contributed by atoms with Crippen LogP contribution in [0.15, 0.2) is 30.6 Å². The van der Waals surface area contributed by atoms with Crippen molar-refractivity contribution in [3.63, 3.8) is 0 Å². The van der Waals surface area contributed by atoms with Crippen LogP contribution < -0.4 is 5.32 Å². The maximum absolute atomic E-state index is 13.2. The Balaban J connectivity index is 1.71. The maximum Gasteiger partial charge on any atom is 0.278 e. The van der Waals surface area contributed by atoms with E-state index in [1.54, 1.807) is 12.1 Å². The van der Waals surface area contributed by atoms with Crippen LogP contribution in [-0.2, 0) is 11.8 Å². The molecule has 0 fully saturated rings. The number of carbonyl (C=O) groups excluding carboxylic acids is 1. The van der Waals surface area contributed by atoms with Crippen molar-refractivity contribution in [2.75, 3.05) is 5.32 Å². The van der Waals surface area contributed by atoms with E-state index in [2.05, 4.69) is 30.5 Å². The summed E-state index contributed by atoms with van der Waals surface area (Å²) in [5, 5.41) is 9.34. The molecule has 25 heavy (non-hydrogen) atoms. The van der Waals surface area contributed by atoms with E-state index in [1.807, 2.05) is 20.8 Å². The van der Waals surface area contributed by atoms with Gasteiger partial charge in [-0.3, -0.25) is 15.2 Å². The Bertz CT molecular complexity index is 892. The van der Waals surface area contributed by atoms with Gasteiger partial charge in [-0.15, -0.1) is 5.10 Å². The second kappa shape index (κ2) is 6.46. The summed E-state index contributed by atoms with van der Waals surface area (Å²) < 4.78 is 13.2. The van der Waals surface area contributed by atoms with Crippen LogP contribution in [0, 0.1) is 5.82 Å². The van der Waals surface area contributed by atoms with Crippen molar-refractivity contribution >= 4 is 11.9 Å². The number of rotatable bonds is 4. The molecule has 0 radical (unpaired) electrons. The molecule has 3 rings (SSSR count). The van der Waals surface area contributed by atoms with Crippen LogP contribution in [-0.4, -0.2) is 31.1 Å². The third-order valence-electron chi connectivity index (χ3n) is 3.62. The molecule has 0 aliphatic carbocycles. The minimum atomic E-state index is -0.387. The molecular formula is C17H19FN6O. The highest BCUT2D eigenvalue weighted by molar-refractivity contribution is 6.02. The molecule has 1 amide bonds. The predicted molar refractivity (Wildman–Crippen MR) is 90.8 cm³/mol. The summed E-state index contributed by atoms with van der Waals surface area (Å²) in [5.41, 5.74) is 1.56. The molecule has 3 N–H and O–H groups in total. The molecule has 8 heteroatoms. The van der Waals surface area contributed by atoms with Crippen molar-refractivity contribution in [2.24, 2.45) is 0 Å². The van der Waals surface area contributed by atoms with Gasteiger partial charge >= 0.3 is 0 Å². The van der Waals surface area contributed by atoms with Crippen molar-refractivity contribution in [3.05, 3.63) is 59.2 Å². The number of halogens is 1. The lowest BCUT2D eigenvalue weighted by Crippen LogP contribution is -2.21. The van der Waals surface area contributed by atoms with E-state index in [0.717, 1.165) is 11.3 Å². The molecule has 3 aromatic rings. The number of aromatic amines is 2. The Morgan fingerprint density at radius 2 is 2.12 bits per heavy atom. The van der Waals surface area contributed by atoms with E-state index in [4.69, 9.17) is 0 Å². The molecule has 7 nitrogen and oxygen atoms in total. The van der Waals surface area contributed by atoms with Gasteiger partial charge in [-0.25, -0.2) is 9.37 Å².